The van der Waals surface area contributed by atoms with Crippen molar-refractivity contribution in [2.45, 2.75) is 42.2 Å². The molecule has 0 N–H and O–H groups in total. The summed E-state index contributed by atoms with van der Waals surface area (Å²) >= 11 is 0. The molecule has 10 fully saturated rings. The second-order valence-electron chi connectivity index (χ2n) is 12.8. The summed E-state index contributed by atoms with van der Waals surface area (Å²) in [7, 11) is -2.63. The summed E-state index contributed by atoms with van der Waals surface area (Å²) in [5.41, 5.74) is 0. The van der Waals surface area contributed by atoms with Gasteiger partial charge in [-0.15, -0.1) is 0 Å². The predicted molar refractivity (Wildman–Crippen MR) is 38.6 cm³/mol. The van der Waals surface area contributed by atoms with Gasteiger partial charge >= 0.3 is 51.1 Å². The zero-order chi connectivity index (χ0) is 6.09. The second kappa shape index (κ2) is 0.176. The molecule has 0 saturated carbocycles. The molecule has 1 heteroatoms. The summed E-state index contributed by atoms with van der Waals surface area (Å²) in [5.74, 6) is 0. The molecular weight excluding hydrogens is 168 g/mol. The van der Waals surface area contributed by atoms with Crippen molar-refractivity contribution in [2.75, 3.05) is 0 Å². The smallest absolute Gasteiger partial charge is 1.00 e. The van der Waals surface area contributed by atoms with Gasteiger partial charge < -0.3 is 1.43 Å². The van der Waals surface area contributed by atoms with Gasteiger partial charge in [0.1, 0.15) is 0 Å². The Labute approximate surface area is 52.7 Å². The van der Waals surface area contributed by atoms with Gasteiger partial charge in [-0.05, 0) is 0 Å². The topological polar surface area (TPSA) is 0 Å². The van der Waals surface area contributed by atoms with Crippen molar-refractivity contribution in [3.63, 3.8) is 0 Å². The molecule has 0 radical (unpaired) electrons. The zero-order valence-corrected chi connectivity index (χ0v) is 7.84. The van der Waals surface area contributed by atoms with E-state index in [-0.39, 0.29) is 1.43 Å². The van der Waals surface area contributed by atoms with Crippen molar-refractivity contribution >= 4 is 0 Å². The molecule has 1 spiro atoms. The number of hydrogen-bond donors (Lipinski definition) is 0. The van der Waals surface area contributed by atoms with E-state index in [0.717, 1.165) is 0 Å². The maximum Gasteiger partial charge on any atom is -1.00 e. The molecule has 10 rings (SSSR count). The van der Waals surface area contributed by atoms with E-state index in [0.29, 0.717) is 0 Å². The van der Waals surface area contributed by atoms with Gasteiger partial charge in [0, 0.05) is 0 Å². The Hall–Kier alpha value is 0.714. The maximum absolute atomic E-state index is 2.63. The number of fused-ring (bicyclic) bond motifs is 10. The summed E-state index contributed by atoms with van der Waals surface area (Å²) in [4.78, 5) is 0. The van der Waals surface area contributed by atoms with Gasteiger partial charge in [0.25, 0.3) is 0 Å². The third-order valence-corrected chi connectivity index (χ3v) is 79.4. The normalized spacial score (nSPS) is 171. The zero-order valence-electron chi connectivity index (χ0n) is 7.27. The van der Waals surface area contributed by atoms with Crippen LogP contribution in [0.25, 0.3) is 0 Å². The molecule has 0 aliphatic carbocycles. The predicted octanol–water partition coefficient (Wildman–Crippen LogP) is 3.49. The Balaban J connectivity index is 0.000000400. The maximum atomic E-state index is 1.62. The van der Waals surface area contributed by atoms with Gasteiger partial charge in [0.15, 0.2) is 0 Å². The third-order valence-electron chi connectivity index (χ3n) is 20.1. The first-order valence-electron chi connectivity index (χ1n) is 6.22. The summed E-state index contributed by atoms with van der Waals surface area (Å²) in [6, 6.07) is 0. The van der Waals surface area contributed by atoms with Crippen LogP contribution in [0.2, 0.25) is 42.2 Å². The Bertz CT molecular complexity index is 577. The van der Waals surface area contributed by atoms with Crippen LogP contribution in [0.15, 0.2) is 0 Å². The van der Waals surface area contributed by atoms with E-state index in [2.05, 4.69) is 0 Å². The fourth-order valence-corrected chi connectivity index (χ4v) is 143. The molecule has 0 unspecified atom stereocenters. The molecule has 0 aromatic heterocycles. The van der Waals surface area contributed by atoms with E-state index in [4.69, 9.17) is 0 Å². The van der Waals surface area contributed by atoms with Crippen molar-refractivity contribution in [1.82, 2.24) is 0 Å². The van der Waals surface area contributed by atoms with Crippen LogP contribution < -0.4 is 0 Å². The first kappa shape index (κ1) is 3.13. The van der Waals surface area contributed by atoms with Crippen LogP contribution in [0, 0.1) is 0 Å². The summed E-state index contributed by atoms with van der Waals surface area (Å²) in [6.07, 6.45) is 0. The van der Waals surface area contributed by atoms with Crippen LogP contribution in [0.1, 0.15) is 1.43 Å². The van der Waals surface area contributed by atoms with Crippen LogP contribution >= 0.6 is 0 Å². The van der Waals surface area contributed by atoms with E-state index in [1.165, 1.54) is 0 Å². The van der Waals surface area contributed by atoms with Crippen molar-refractivity contribution in [3.05, 3.63) is 0 Å². The van der Waals surface area contributed by atoms with E-state index >= 15 is 0 Å². The molecule has 0 bridgehead atoms. The van der Waals surface area contributed by atoms with Crippen molar-refractivity contribution in [3.8, 4) is 0 Å². The van der Waals surface area contributed by atoms with E-state index < -0.39 is 8.89 Å². The summed E-state index contributed by atoms with van der Waals surface area (Å²) < 4.78 is 16.2. The standard InChI is InChI=1S/2C5H5.Ti.H/c2*1-2-4-5-3-1;;/h2*1-5H;;/q;;;-1. The summed E-state index contributed by atoms with van der Waals surface area (Å²) in [5, 5.41) is 0. The molecule has 0 nitrogen and oxygen atoms in total. The Morgan fingerprint density at radius 1 is 0.455 bits per heavy atom. The van der Waals surface area contributed by atoms with Gasteiger partial charge in [0.05, 0.1) is 0 Å². The minimum atomic E-state index is -2.63. The van der Waals surface area contributed by atoms with Gasteiger partial charge in [-0.2, -0.15) is 0 Å². The minimum Gasteiger partial charge on any atom is -1.00 e. The summed E-state index contributed by atoms with van der Waals surface area (Å²) in [6.45, 7) is 0. The Morgan fingerprint density at radius 2 is 0.636 bits per heavy atom. The molecule has 56 valence electrons. The molecule has 10 aliphatic heterocycles. The monoisotopic (exact) mass is 179 g/mol. The van der Waals surface area contributed by atoms with E-state index in [1.54, 1.807) is 42.2 Å². The van der Waals surface area contributed by atoms with Gasteiger partial charge in [-0.1, -0.05) is 0 Å². The first-order valence-corrected chi connectivity index (χ1v) is 15.2. The third kappa shape index (κ3) is 0.0202. The van der Waals surface area contributed by atoms with Gasteiger partial charge in [-0.3, -0.25) is 0 Å². The van der Waals surface area contributed by atoms with Crippen molar-refractivity contribution in [2.24, 2.45) is 0 Å². The molecule has 11 heavy (non-hydrogen) atoms. The van der Waals surface area contributed by atoms with Crippen LogP contribution in [0.4, 0.5) is 0 Å². The number of hydrogen-bond acceptors (Lipinski definition) is 0. The van der Waals surface area contributed by atoms with Gasteiger partial charge in [0.2, 0.25) is 0 Å². The van der Waals surface area contributed by atoms with Crippen LogP contribution in [0.5, 0.6) is 0 Å². The van der Waals surface area contributed by atoms with E-state index in [9.17, 15) is 0 Å². The molecule has 0 aromatic rings. The Morgan fingerprint density at radius 3 is 0.636 bits per heavy atom. The average molecular weight is 179 g/mol. The van der Waals surface area contributed by atoms with Crippen molar-refractivity contribution < 1.29 is 10.3 Å². The number of rotatable bonds is 0. The minimum absolute atomic E-state index is 0. The van der Waals surface area contributed by atoms with E-state index in [1.807, 2.05) is 0 Å². The van der Waals surface area contributed by atoms with Crippen LogP contribution in [-0.4, -0.2) is 0 Å². The molecule has 10 heterocycles. The SMILES string of the molecule is [CH]12[CH]3[CH]4[CH]5[CH]1[Ti]23451678[CH]2[CH]1[CH]6[CH]7[CH]28.[H-]. The quantitative estimate of drug-likeness (QED) is 0.499. The molecule has 10 aliphatic rings. The second-order valence-corrected chi connectivity index (χ2v) is 46.6. The fourth-order valence-electron chi connectivity index (χ4n) is 23.2. The molecular formula is C10H11Ti-. The molecule has 10 saturated heterocycles. The molecule has 0 aromatic carbocycles. The first-order chi connectivity index (χ1) is 5.16. The van der Waals surface area contributed by atoms with Crippen LogP contribution in [-0.2, 0) is 8.89 Å². The fraction of sp³-hybridized carbons (Fsp3) is 1.00. The average Bonchev–Trinajstić information content (AvgIpc) is 3.01. The Kier molecular flexibility index (Phi) is 0.0503. The molecule has 0 atom stereocenters. The molecule has 0 amide bonds. The van der Waals surface area contributed by atoms with Gasteiger partial charge in [-0.25, -0.2) is 0 Å². The van der Waals surface area contributed by atoms with Crippen molar-refractivity contribution in [1.29, 1.82) is 0 Å². The largest absolute Gasteiger partial charge is 1.00 e. The van der Waals surface area contributed by atoms with Crippen LogP contribution in [0.3, 0.4) is 0 Å².